The van der Waals surface area contributed by atoms with E-state index in [0.29, 0.717) is 21.9 Å². The van der Waals surface area contributed by atoms with Crippen molar-refractivity contribution in [3.05, 3.63) is 53.1 Å². The Hall–Kier alpha value is -2.83. The number of carbonyl (C=O) groups is 1. The smallest absolute Gasteiger partial charge is 0.419 e. The number of hydrogen-bond acceptors (Lipinski definition) is 4. The maximum atomic E-state index is 13.0. The molecule has 30 heavy (non-hydrogen) atoms. The van der Waals surface area contributed by atoms with Crippen LogP contribution in [0.3, 0.4) is 0 Å². The van der Waals surface area contributed by atoms with Gasteiger partial charge in [0.25, 0.3) is 0 Å². The Bertz CT molecular complexity index is 1200. The summed E-state index contributed by atoms with van der Waals surface area (Å²) >= 11 is 6.08. The van der Waals surface area contributed by atoms with Gasteiger partial charge in [0.1, 0.15) is 11.3 Å². The lowest BCUT2D eigenvalue weighted by molar-refractivity contribution is 0.0547. The Morgan fingerprint density at radius 3 is 2.57 bits per heavy atom. The zero-order valence-electron chi connectivity index (χ0n) is 17.8. The molecule has 0 fully saturated rings. The molecule has 0 radical (unpaired) electrons. The molecular weight excluding hydrogens is 402 g/mol. The van der Waals surface area contributed by atoms with E-state index in [1.165, 1.54) is 4.57 Å². The lowest BCUT2D eigenvalue weighted by Gasteiger charge is -2.20. The van der Waals surface area contributed by atoms with Gasteiger partial charge in [-0.15, -0.1) is 0 Å². The summed E-state index contributed by atoms with van der Waals surface area (Å²) in [5, 5.41) is 19.1. The molecule has 2 aromatic heterocycles. The van der Waals surface area contributed by atoms with E-state index in [2.05, 4.69) is 10.2 Å². The number of aromatic nitrogens is 3. The summed E-state index contributed by atoms with van der Waals surface area (Å²) in [5.74, 6) is 0. The van der Waals surface area contributed by atoms with Crippen LogP contribution >= 0.6 is 11.6 Å². The second-order valence-corrected chi connectivity index (χ2v) is 8.10. The lowest BCUT2D eigenvalue weighted by atomic mass is 10.1. The summed E-state index contributed by atoms with van der Waals surface area (Å²) in [7, 11) is 0. The van der Waals surface area contributed by atoms with Crippen LogP contribution in [0.5, 0.6) is 0 Å². The van der Waals surface area contributed by atoms with E-state index in [-0.39, 0.29) is 6.61 Å². The molecule has 2 N–H and O–H groups in total. The van der Waals surface area contributed by atoms with Crippen LogP contribution in [0.15, 0.2) is 42.5 Å². The molecule has 158 valence electrons. The molecule has 7 heteroatoms. The molecule has 0 aliphatic rings. The summed E-state index contributed by atoms with van der Waals surface area (Å²) in [6.07, 6.45) is -0.487. The monoisotopic (exact) mass is 427 g/mol. The van der Waals surface area contributed by atoms with Crippen LogP contribution in [0.1, 0.15) is 40.2 Å². The summed E-state index contributed by atoms with van der Waals surface area (Å²) in [4.78, 5) is 13.0. The van der Waals surface area contributed by atoms with E-state index in [0.717, 1.165) is 21.9 Å². The van der Waals surface area contributed by atoms with Crippen LogP contribution in [-0.2, 0) is 11.3 Å². The minimum Gasteiger partial charge on any atom is -0.443 e. The van der Waals surface area contributed by atoms with Gasteiger partial charge in [-0.1, -0.05) is 31.5 Å². The third-order valence-electron chi connectivity index (χ3n) is 4.39. The average molecular weight is 428 g/mol. The number of aromatic amines is 1. The number of rotatable bonds is 2. The van der Waals surface area contributed by atoms with Gasteiger partial charge in [-0.05, 0) is 62.7 Å². The Kier molecular flexibility index (Phi) is 6.19. The van der Waals surface area contributed by atoms with Gasteiger partial charge in [0.2, 0.25) is 0 Å². The van der Waals surface area contributed by atoms with Gasteiger partial charge in [0.05, 0.1) is 23.3 Å². The maximum absolute atomic E-state index is 13.0. The van der Waals surface area contributed by atoms with Gasteiger partial charge in [-0.2, -0.15) is 5.10 Å². The quantitative estimate of drug-likeness (QED) is 0.402. The first-order chi connectivity index (χ1) is 14.3. The van der Waals surface area contributed by atoms with Gasteiger partial charge in [0.15, 0.2) is 0 Å². The highest BCUT2D eigenvalue weighted by Gasteiger charge is 2.24. The van der Waals surface area contributed by atoms with Crippen LogP contribution in [0.4, 0.5) is 4.79 Å². The fourth-order valence-corrected chi connectivity index (χ4v) is 3.40. The Balaban J connectivity index is 0.00000124. The highest BCUT2D eigenvalue weighted by Crippen LogP contribution is 2.33. The number of ether oxygens (including phenoxy) is 1. The van der Waals surface area contributed by atoms with Crippen molar-refractivity contribution in [1.29, 1.82) is 0 Å². The van der Waals surface area contributed by atoms with E-state index in [1.807, 2.05) is 52.8 Å². The molecule has 0 unspecified atom stereocenters. The molecule has 0 amide bonds. The van der Waals surface area contributed by atoms with Crippen molar-refractivity contribution < 1.29 is 14.6 Å². The van der Waals surface area contributed by atoms with Crippen molar-refractivity contribution >= 4 is 39.5 Å². The summed E-state index contributed by atoms with van der Waals surface area (Å²) in [5.41, 5.74) is 2.81. The molecule has 2 aromatic carbocycles. The van der Waals surface area contributed by atoms with Crippen molar-refractivity contribution in [3.8, 4) is 11.4 Å². The van der Waals surface area contributed by atoms with Crippen LogP contribution < -0.4 is 0 Å². The molecule has 0 atom stereocenters. The van der Waals surface area contributed by atoms with Gasteiger partial charge >= 0.3 is 6.09 Å². The molecule has 0 saturated heterocycles. The van der Waals surface area contributed by atoms with E-state index in [1.54, 1.807) is 24.3 Å². The summed E-state index contributed by atoms with van der Waals surface area (Å²) in [6, 6.07) is 12.8. The Morgan fingerprint density at radius 1 is 1.17 bits per heavy atom. The number of hydrogen-bond donors (Lipinski definition) is 2. The lowest BCUT2D eigenvalue weighted by Crippen LogP contribution is -2.27. The number of H-pyrrole nitrogens is 1. The first-order valence-corrected chi connectivity index (χ1v) is 10.3. The summed E-state index contributed by atoms with van der Waals surface area (Å²) in [6.45, 7) is 9.40. The van der Waals surface area contributed by atoms with Crippen LogP contribution in [0, 0.1) is 0 Å². The molecule has 4 rings (SSSR count). The highest BCUT2D eigenvalue weighted by molar-refractivity contribution is 6.31. The third-order valence-corrected chi connectivity index (χ3v) is 4.63. The van der Waals surface area contributed by atoms with Crippen molar-refractivity contribution in [1.82, 2.24) is 14.8 Å². The first-order valence-electron chi connectivity index (χ1n) is 9.89. The number of aliphatic hydroxyl groups excluding tert-OH is 1. The zero-order valence-corrected chi connectivity index (χ0v) is 18.5. The first kappa shape index (κ1) is 21.9. The normalized spacial score (nSPS) is 11.4. The number of nitrogens with zero attached hydrogens (tertiary/aromatic N) is 2. The van der Waals surface area contributed by atoms with Crippen LogP contribution in [0.2, 0.25) is 5.02 Å². The fourth-order valence-electron chi connectivity index (χ4n) is 3.23. The molecule has 0 saturated carbocycles. The fraction of sp³-hybridized carbons (Fsp3) is 0.304. The Labute approximate surface area is 180 Å². The topological polar surface area (TPSA) is 80.1 Å². The van der Waals surface area contributed by atoms with Crippen LogP contribution in [-0.4, -0.2) is 31.6 Å². The molecule has 4 aromatic rings. The second kappa shape index (κ2) is 8.50. The Morgan fingerprint density at radius 2 is 1.90 bits per heavy atom. The number of carbonyl (C=O) groups excluding carboxylic acids is 1. The van der Waals surface area contributed by atoms with E-state index in [4.69, 9.17) is 16.3 Å². The highest BCUT2D eigenvalue weighted by atomic mass is 35.5. The van der Waals surface area contributed by atoms with Crippen molar-refractivity contribution in [2.75, 3.05) is 0 Å². The van der Waals surface area contributed by atoms with E-state index >= 15 is 0 Å². The van der Waals surface area contributed by atoms with Gasteiger partial charge in [-0.3, -0.25) is 5.10 Å². The number of benzene rings is 2. The summed E-state index contributed by atoms with van der Waals surface area (Å²) < 4.78 is 7.15. The number of halogens is 1. The largest absolute Gasteiger partial charge is 0.443 e. The van der Waals surface area contributed by atoms with Crippen LogP contribution in [0.25, 0.3) is 33.2 Å². The zero-order chi connectivity index (χ0) is 22.1. The average Bonchev–Trinajstić information content (AvgIpc) is 3.27. The number of fused-ring (bicyclic) bond motifs is 2. The predicted molar refractivity (Wildman–Crippen MR) is 121 cm³/mol. The predicted octanol–water partition coefficient (Wildman–Crippen LogP) is 6.14. The maximum Gasteiger partial charge on any atom is 0.419 e. The SMILES string of the molecule is CC.CC(C)(C)OC(=O)n1c(-c2n[nH]c3cc(Cl)ccc23)cc2cc(CO)ccc21. The molecule has 6 nitrogen and oxygen atoms in total. The molecular formula is C23H26ClN3O3. The number of aliphatic hydroxyl groups is 1. The van der Waals surface area contributed by atoms with Crippen molar-refractivity contribution in [2.45, 2.75) is 46.8 Å². The van der Waals surface area contributed by atoms with Gasteiger partial charge < -0.3 is 9.84 Å². The van der Waals surface area contributed by atoms with E-state index in [9.17, 15) is 9.90 Å². The molecule has 0 aliphatic carbocycles. The number of nitrogens with one attached hydrogen (secondary N) is 1. The van der Waals surface area contributed by atoms with Crippen molar-refractivity contribution in [2.24, 2.45) is 0 Å². The van der Waals surface area contributed by atoms with Gasteiger partial charge in [0, 0.05) is 15.8 Å². The van der Waals surface area contributed by atoms with Gasteiger partial charge in [-0.25, -0.2) is 9.36 Å². The minimum atomic E-state index is -0.642. The molecule has 0 bridgehead atoms. The van der Waals surface area contributed by atoms with E-state index < -0.39 is 11.7 Å². The second-order valence-electron chi connectivity index (χ2n) is 7.66. The third kappa shape index (κ3) is 4.20. The van der Waals surface area contributed by atoms with Crippen molar-refractivity contribution in [3.63, 3.8) is 0 Å². The molecule has 0 aliphatic heterocycles. The molecule has 0 spiro atoms. The standard InChI is InChI=1S/C21H20ClN3O3.C2H6/c1-21(2,3)28-20(27)25-17-7-4-12(11-26)8-13(17)9-18(25)19-15-6-5-14(22)10-16(15)23-24-19;1-2/h4-10,26H,11H2,1-3H3,(H,23,24);1-2H3. The molecule has 2 heterocycles. The minimum absolute atomic E-state index is 0.0767.